The summed E-state index contributed by atoms with van der Waals surface area (Å²) in [4.78, 5) is 0. The van der Waals surface area contributed by atoms with E-state index in [-0.39, 0.29) is 6.29 Å². The van der Waals surface area contributed by atoms with Gasteiger partial charge in [0.2, 0.25) is 0 Å². The van der Waals surface area contributed by atoms with Gasteiger partial charge in [0.15, 0.2) is 6.29 Å². The molecule has 0 saturated heterocycles. The Morgan fingerprint density at radius 1 is 1.15 bits per heavy atom. The van der Waals surface area contributed by atoms with Crippen LogP contribution in [-0.4, -0.2) is 19.5 Å². The van der Waals surface area contributed by atoms with Gasteiger partial charge in [-0.25, -0.2) is 0 Å². The lowest BCUT2D eigenvalue weighted by atomic mass is 10.2. The molecule has 13 heavy (non-hydrogen) atoms. The van der Waals surface area contributed by atoms with Crippen LogP contribution in [0.15, 0.2) is 12.2 Å². The molecule has 2 nitrogen and oxygen atoms in total. The number of allylic oxidation sites excluding steroid dienone is 2. The number of hydrogen-bond acceptors (Lipinski definition) is 2. The summed E-state index contributed by atoms with van der Waals surface area (Å²) in [6, 6.07) is 0. The first-order valence-electron chi connectivity index (χ1n) is 5.19. The van der Waals surface area contributed by atoms with E-state index in [1.807, 2.05) is 20.8 Å². The minimum Gasteiger partial charge on any atom is -0.353 e. The normalized spacial score (nSPS) is 11.7. The van der Waals surface area contributed by atoms with E-state index in [2.05, 4.69) is 12.2 Å². The maximum absolute atomic E-state index is 5.42. The van der Waals surface area contributed by atoms with Gasteiger partial charge in [-0.15, -0.1) is 0 Å². The molecule has 0 aliphatic rings. The quantitative estimate of drug-likeness (QED) is 0.329. The van der Waals surface area contributed by atoms with E-state index in [9.17, 15) is 0 Å². The molecular formula is C11H22O2. The fourth-order valence-corrected chi connectivity index (χ4v) is 1.16. The SMILES string of the molecule is CC=CCCCC(OCC)OCC. The summed E-state index contributed by atoms with van der Waals surface area (Å²) >= 11 is 0. The molecule has 2 heteroatoms. The standard InChI is InChI=1S/C11H22O2/c1-4-7-8-9-10-11(12-5-2)13-6-3/h4,7,11H,5-6,8-10H2,1-3H3. The van der Waals surface area contributed by atoms with E-state index in [4.69, 9.17) is 9.47 Å². The highest BCUT2D eigenvalue weighted by Crippen LogP contribution is 2.07. The van der Waals surface area contributed by atoms with Crippen molar-refractivity contribution in [2.24, 2.45) is 0 Å². The summed E-state index contributed by atoms with van der Waals surface area (Å²) in [5.41, 5.74) is 0. The highest BCUT2D eigenvalue weighted by Gasteiger charge is 2.05. The first-order chi connectivity index (χ1) is 6.35. The molecule has 0 N–H and O–H groups in total. The van der Waals surface area contributed by atoms with Gasteiger partial charge in [-0.05, 0) is 40.0 Å². The molecule has 0 saturated carbocycles. The Balaban J connectivity index is 3.43. The Morgan fingerprint density at radius 2 is 1.77 bits per heavy atom. The van der Waals surface area contributed by atoms with Crippen molar-refractivity contribution in [3.8, 4) is 0 Å². The van der Waals surface area contributed by atoms with Gasteiger partial charge in [0.05, 0.1) is 0 Å². The second-order valence-corrected chi connectivity index (χ2v) is 2.84. The van der Waals surface area contributed by atoms with Crippen LogP contribution in [0.5, 0.6) is 0 Å². The zero-order chi connectivity index (χ0) is 9.94. The van der Waals surface area contributed by atoms with Crippen molar-refractivity contribution < 1.29 is 9.47 Å². The Hall–Kier alpha value is -0.340. The van der Waals surface area contributed by atoms with Crippen LogP contribution in [0.25, 0.3) is 0 Å². The number of ether oxygens (including phenoxy) is 2. The van der Waals surface area contributed by atoms with Crippen LogP contribution in [0.2, 0.25) is 0 Å². The first kappa shape index (κ1) is 12.7. The average molecular weight is 186 g/mol. The number of hydrogen-bond donors (Lipinski definition) is 0. The molecule has 0 atom stereocenters. The topological polar surface area (TPSA) is 18.5 Å². The smallest absolute Gasteiger partial charge is 0.157 e. The van der Waals surface area contributed by atoms with Crippen molar-refractivity contribution >= 4 is 0 Å². The summed E-state index contributed by atoms with van der Waals surface area (Å²) in [6.45, 7) is 7.50. The van der Waals surface area contributed by atoms with Gasteiger partial charge in [-0.3, -0.25) is 0 Å². The highest BCUT2D eigenvalue weighted by molar-refractivity contribution is 4.76. The molecule has 0 bridgehead atoms. The zero-order valence-electron chi connectivity index (χ0n) is 9.08. The molecule has 0 aromatic rings. The van der Waals surface area contributed by atoms with Crippen LogP contribution in [-0.2, 0) is 9.47 Å². The van der Waals surface area contributed by atoms with Gasteiger partial charge >= 0.3 is 0 Å². The maximum atomic E-state index is 5.42. The van der Waals surface area contributed by atoms with Gasteiger partial charge in [0.25, 0.3) is 0 Å². The van der Waals surface area contributed by atoms with Crippen molar-refractivity contribution in [1.82, 2.24) is 0 Å². The summed E-state index contributed by atoms with van der Waals surface area (Å²) < 4.78 is 10.8. The molecule has 0 aromatic carbocycles. The minimum absolute atomic E-state index is 0.000237. The largest absolute Gasteiger partial charge is 0.353 e. The molecule has 0 spiro atoms. The van der Waals surface area contributed by atoms with E-state index in [0.717, 1.165) is 32.5 Å². The van der Waals surface area contributed by atoms with Gasteiger partial charge in [0.1, 0.15) is 0 Å². The molecule has 0 aromatic heterocycles. The van der Waals surface area contributed by atoms with Gasteiger partial charge < -0.3 is 9.47 Å². The van der Waals surface area contributed by atoms with Crippen molar-refractivity contribution in [1.29, 1.82) is 0 Å². The summed E-state index contributed by atoms with van der Waals surface area (Å²) in [5, 5.41) is 0. The third kappa shape index (κ3) is 8.00. The maximum Gasteiger partial charge on any atom is 0.157 e. The van der Waals surface area contributed by atoms with Crippen molar-refractivity contribution in [3.63, 3.8) is 0 Å². The van der Waals surface area contributed by atoms with Crippen LogP contribution in [0.4, 0.5) is 0 Å². The van der Waals surface area contributed by atoms with Crippen LogP contribution in [0, 0.1) is 0 Å². The molecule has 0 aliphatic carbocycles. The van der Waals surface area contributed by atoms with Crippen LogP contribution >= 0.6 is 0 Å². The molecule has 0 fully saturated rings. The number of rotatable bonds is 8. The molecule has 0 aliphatic heterocycles. The van der Waals surface area contributed by atoms with E-state index < -0.39 is 0 Å². The minimum atomic E-state index is 0.000237. The van der Waals surface area contributed by atoms with E-state index >= 15 is 0 Å². The lowest BCUT2D eigenvalue weighted by molar-refractivity contribution is -0.139. The number of unbranched alkanes of at least 4 members (excludes halogenated alkanes) is 1. The Morgan fingerprint density at radius 3 is 2.23 bits per heavy atom. The average Bonchev–Trinajstić information content (AvgIpc) is 2.13. The molecule has 0 radical (unpaired) electrons. The summed E-state index contributed by atoms with van der Waals surface area (Å²) in [7, 11) is 0. The van der Waals surface area contributed by atoms with Crippen LogP contribution in [0.3, 0.4) is 0 Å². The van der Waals surface area contributed by atoms with Crippen molar-refractivity contribution in [2.45, 2.75) is 46.3 Å². The Bertz CT molecular complexity index is 115. The fraction of sp³-hybridized carbons (Fsp3) is 0.818. The molecule has 0 unspecified atom stereocenters. The van der Waals surface area contributed by atoms with Crippen LogP contribution in [0.1, 0.15) is 40.0 Å². The predicted molar refractivity (Wildman–Crippen MR) is 55.7 cm³/mol. The van der Waals surface area contributed by atoms with Crippen molar-refractivity contribution in [3.05, 3.63) is 12.2 Å². The van der Waals surface area contributed by atoms with Gasteiger partial charge in [0, 0.05) is 13.2 Å². The molecule has 78 valence electrons. The van der Waals surface area contributed by atoms with Gasteiger partial charge in [-0.1, -0.05) is 12.2 Å². The second-order valence-electron chi connectivity index (χ2n) is 2.84. The first-order valence-corrected chi connectivity index (χ1v) is 5.19. The van der Waals surface area contributed by atoms with Crippen LogP contribution < -0.4 is 0 Å². The fourth-order valence-electron chi connectivity index (χ4n) is 1.16. The van der Waals surface area contributed by atoms with Crippen molar-refractivity contribution in [2.75, 3.05) is 13.2 Å². The zero-order valence-corrected chi connectivity index (χ0v) is 9.08. The third-order valence-electron chi connectivity index (χ3n) is 1.75. The third-order valence-corrected chi connectivity index (χ3v) is 1.75. The van der Waals surface area contributed by atoms with E-state index in [1.54, 1.807) is 0 Å². The highest BCUT2D eigenvalue weighted by atomic mass is 16.7. The Labute approximate surface area is 81.9 Å². The van der Waals surface area contributed by atoms with Gasteiger partial charge in [-0.2, -0.15) is 0 Å². The molecular weight excluding hydrogens is 164 g/mol. The molecule has 0 rings (SSSR count). The predicted octanol–water partition coefficient (Wildman–Crippen LogP) is 3.13. The second kappa shape index (κ2) is 9.75. The molecule has 0 heterocycles. The summed E-state index contributed by atoms with van der Waals surface area (Å²) in [5.74, 6) is 0. The lowest BCUT2D eigenvalue weighted by Gasteiger charge is -2.15. The summed E-state index contributed by atoms with van der Waals surface area (Å²) in [6.07, 6.45) is 7.50. The van der Waals surface area contributed by atoms with E-state index in [0.29, 0.717) is 0 Å². The monoisotopic (exact) mass is 186 g/mol. The Kier molecular flexibility index (Phi) is 9.49. The van der Waals surface area contributed by atoms with E-state index in [1.165, 1.54) is 0 Å². The molecule has 0 amide bonds. The lowest BCUT2D eigenvalue weighted by Crippen LogP contribution is -2.16.